The highest BCUT2D eigenvalue weighted by molar-refractivity contribution is 7.81. The summed E-state index contributed by atoms with van der Waals surface area (Å²) in [5.74, 6) is 0.243. The van der Waals surface area contributed by atoms with Gasteiger partial charge in [0.1, 0.15) is 11.3 Å². The van der Waals surface area contributed by atoms with E-state index in [9.17, 15) is 13.2 Å². The van der Waals surface area contributed by atoms with E-state index >= 15 is 0 Å². The maximum atomic E-state index is 13.1. The van der Waals surface area contributed by atoms with Crippen LogP contribution < -0.4 is 10.2 Å². The number of anilines is 1. The van der Waals surface area contributed by atoms with Crippen molar-refractivity contribution < 1.29 is 13.2 Å². The van der Waals surface area contributed by atoms with Gasteiger partial charge in [0.2, 0.25) is 0 Å². The normalized spacial score (nSPS) is 23.5. The predicted octanol–water partition coefficient (Wildman–Crippen LogP) is 3.49. The Hall–Kier alpha value is -1.72. The van der Waals surface area contributed by atoms with E-state index in [1.807, 2.05) is 0 Å². The second-order valence-electron chi connectivity index (χ2n) is 5.87. The Morgan fingerprint density at radius 1 is 1.35 bits per heavy atom. The van der Waals surface area contributed by atoms with Gasteiger partial charge in [-0.3, -0.25) is 10.7 Å². The van der Waals surface area contributed by atoms with E-state index in [4.69, 9.17) is 10.7 Å². The third-order valence-corrected chi connectivity index (χ3v) is 4.87. The summed E-state index contributed by atoms with van der Waals surface area (Å²) in [4.78, 5) is 1.46. The van der Waals surface area contributed by atoms with Crippen LogP contribution in [0.15, 0.2) is 18.2 Å². The molecule has 3 rings (SSSR count). The smallest absolute Gasteiger partial charge is 0.303 e. The van der Waals surface area contributed by atoms with Crippen LogP contribution in [0.3, 0.4) is 0 Å². The van der Waals surface area contributed by atoms with Crippen LogP contribution in [0, 0.1) is 16.7 Å². The third kappa shape index (κ3) is 2.58. The summed E-state index contributed by atoms with van der Waals surface area (Å²) in [7, 11) is 0. The van der Waals surface area contributed by atoms with Crippen molar-refractivity contribution in [2.75, 3.05) is 4.90 Å². The lowest BCUT2D eigenvalue weighted by Crippen LogP contribution is -2.43. The van der Waals surface area contributed by atoms with Gasteiger partial charge in [0.05, 0.1) is 22.7 Å². The standard InChI is InChI=1S/C15H15F3N4S/c16-15(17,18)11-7-10(4-3-9(11)8-19)22-12(20)14(21-13(22)23)5-1-2-6-14/h3-4,7,13,20-21,23H,1-2,5-6H2. The first-order valence-electron chi connectivity index (χ1n) is 7.24. The molecule has 1 saturated heterocycles. The van der Waals surface area contributed by atoms with Gasteiger partial charge in [0, 0.05) is 5.69 Å². The fraction of sp³-hybridized carbons (Fsp3) is 0.467. The number of hydrogen-bond donors (Lipinski definition) is 3. The van der Waals surface area contributed by atoms with E-state index in [-0.39, 0.29) is 11.5 Å². The highest BCUT2D eigenvalue weighted by atomic mass is 32.1. The molecule has 1 unspecified atom stereocenters. The lowest BCUT2D eigenvalue weighted by Gasteiger charge is -2.25. The van der Waals surface area contributed by atoms with Crippen molar-refractivity contribution in [3.8, 4) is 6.07 Å². The van der Waals surface area contributed by atoms with Gasteiger partial charge in [0.15, 0.2) is 0 Å². The monoisotopic (exact) mass is 340 g/mol. The Morgan fingerprint density at radius 2 is 2.00 bits per heavy atom. The molecule has 2 N–H and O–H groups in total. The van der Waals surface area contributed by atoms with Crippen molar-refractivity contribution in [2.24, 2.45) is 0 Å². The van der Waals surface area contributed by atoms with E-state index in [1.165, 1.54) is 11.0 Å². The summed E-state index contributed by atoms with van der Waals surface area (Å²) in [6.07, 6.45) is -1.10. The van der Waals surface area contributed by atoms with Crippen molar-refractivity contribution in [3.05, 3.63) is 29.3 Å². The molecule has 1 spiro atoms. The SMILES string of the molecule is N#Cc1ccc(N2C(=N)C3(CCCC3)NC2S)cc1C(F)(F)F. The van der Waals surface area contributed by atoms with Gasteiger partial charge < -0.3 is 4.90 Å². The van der Waals surface area contributed by atoms with Gasteiger partial charge in [-0.05, 0) is 31.0 Å². The minimum Gasteiger partial charge on any atom is -0.303 e. The summed E-state index contributed by atoms with van der Waals surface area (Å²) in [5, 5.41) is 20.5. The molecule has 1 atom stereocenters. The van der Waals surface area contributed by atoms with Crippen LogP contribution in [0.2, 0.25) is 0 Å². The molecule has 0 bridgehead atoms. The molecule has 0 radical (unpaired) electrons. The maximum Gasteiger partial charge on any atom is 0.417 e. The zero-order valence-electron chi connectivity index (χ0n) is 12.1. The van der Waals surface area contributed by atoms with E-state index < -0.39 is 28.3 Å². The molecule has 122 valence electrons. The van der Waals surface area contributed by atoms with E-state index in [0.29, 0.717) is 0 Å². The highest BCUT2D eigenvalue weighted by Gasteiger charge is 2.49. The van der Waals surface area contributed by atoms with Crippen molar-refractivity contribution in [1.82, 2.24) is 5.32 Å². The molecule has 23 heavy (non-hydrogen) atoms. The molecule has 1 aromatic rings. The molecule has 1 aliphatic heterocycles. The van der Waals surface area contributed by atoms with Crippen molar-refractivity contribution in [3.63, 3.8) is 0 Å². The number of nitrogens with zero attached hydrogens (tertiary/aromatic N) is 2. The molecule has 1 heterocycles. The average Bonchev–Trinajstić information content (AvgIpc) is 3.04. The lowest BCUT2D eigenvalue weighted by atomic mass is 9.97. The summed E-state index contributed by atoms with van der Waals surface area (Å²) in [6.45, 7) is 0. The van der Waals surface area contributed by atoms with Gasteiger partial charge in [-0.15, -0.1) is 12.6 Å². The number of alkyl halides is 3. The second-order valence-corrected chi connectivity index (χ2v) is 6.35. The molecule has 4 nitrogen and oxygen atoms in total. The van der Waals surface area contributed by atoms with Crippen LogP contribution in [-0.4, -0.2) is 16.9 Å². The fourth-order valence-electron chi connectivity index (χ4n) is 3.38. The molecular weight excluding hydrogens is 325 g/mol. The molecule has 1 aromatic carbocycles. The van der Waals surface area contributed by atoms with E-state index in [0.717, 1.165) is 37.8 Å². The first-order chi connectivity index (χ1) is 10.8. The lowest BCUT2D eigenvalue weighted by molar-refractivity contribution is -0.137. The van der Waals surface area contributed by atoms with Gasteiger partial charge in [0.25, 0.3) is 0 Å². The predicted molar refractivity (Wildman–Crippen MR) is 83.5 cm³/mol. The van der Waals surface area contributed by atoms with Crippen LogP contribution in [0.25, 0.3) is 0 Å². The minimum absolute atomic E-state index is 0.220. The summed E-state index contributed by atoms with van der Waals surface area (Å²) < 4.78 is 39.4. The van der Waals surface area contributed by atoms with Crippen LogP contribution in [-0.2, 0) is 6.18 Å². The zero-order chi connectivity index (χ0) is 16.8. The fourth-order valence-corrected chi connectivity index (χ4v) is 3.87. The first kappa shape index (κ1) is 16.1. The molecule has 1 saturated carbocycles. The number of benzene rings is 1. The minimum atomic E-state index is -4.62. The quantitative estimate of drug-likeness (QED) is 0.686. The highest BCUT2D eigenvalue weighted by Crippen LogP contribution is 2.41. The van der Waals surface area contributed by atoms with Gasteiger partial charge in [-0.25, -0.2) is 0 Å². The molecule has 8 heteroatoms. The first-order valence-corrected chi connectivity index (χ1v) is 7.75. The summed E-state index contributed by atoms with van der Waals surface area (Å²) >= 11 is 4.39. The number of thiol groups is 1. The van der Waals surface area contributed by atoms with Gasteiger partial charge in [-0.1, -0.05) is 12.8 Å². The summed E-state index contributed by atoms with van der Waals surface area (Å²) in [5.41, 5.74) is -2.25. The zero-order valence-corrected chi connectivity index (χ0v) is 13.0. The molecule has 2 aliphatic rings. The topological polar surface area (TPSA) is 62.9 Å². The number of halogens is 3. The average molecular weight is 340 g/mol. The van der Waals surface area contributed by atoms with Crippen molar-refractivity contribution >= 4 is 24.2 Å². The second kappa shape index (κ2) is 5.42. The largest absolute Gasteiger partial charge is 0.417 e. The van der Waals surface area contributed by atoms with E-state index in [2.05, 4.69) is 17.9 Å². The number of nitrogens with one attached hydrogen (secondary N) is 2. The molecule has 1 aliphatic carbocycles. The Kier molecular flexibility index (Phi) is 3.81. The third-order valence-electron chi connectivity index (χ3n) is 4.51. The number of hydrogen-bond acceptors (Lipinski definition) is 4. The Bertz CT molecular complexity index is 689. The van der Waals surface area contributed by atoms with Crippen LogP contribution in [0.5, 0.6) is 0 Å². The van der Waals surface area contributed by atoms with Crippen LogP contribution in [0.1, 0.15) is 36.8 Å². The van der Waals surface area contributed by atoms with Crippen LogP contribution >= 0.6 is 12.6 Å². The van der Waals surface area contributed by atoms with E-state index in [1.54, 1.807) is 6.07 Å². The molecule has 2 fully saturated rings. The Morgan fingerprint density at radius 3 is 2.57 bits per heavy atom. The maximum absolute atomic E-state index is 13.1. The van der Waals surface area contributed by atoms with Crippen LogP contribution in [0.4, 0.5) is 18.9 Å². The van der Waals surface area contributed by atoms with Crippen molar-refractivity contribution in [2.45, 2.75) is 42.9 Å². The summed E-state index contributed by atoms with van der Waals surface area (Å²) in [6, 6.07) is 5.06. The van der Waals surface area contributed by atoms with Crippen molar-refractivity contribution in [1.29, 1.82) is 10.7 Å². The number of amidine groups is 1. The molecular formula is C15H15F3N4S. The number of nitriles is 1. The molecule has 0 amide bonds. The molecule has 0 aromatic heterocycles. The van der Waals surface area contributed by atoms with Gasteiger partial charge in [-0.2, -0.15) is 18.4 Å². The number of rotatable bonds is 1. The van der Waals surface area contributed by atoms with Gasteiger partial charge >= 0.3 is 6.18 Å². The Labute approximate surface area is 137 Å². The Balaban J connectivity index is 2.02.